The van der Waals surface area contributed by atoms with Crippen molar-refractivity contribution in [1.29, 1.82) is 0 Å². The number of halogens is 2. The normalized spacial score (nSPS) is 15.4. The Morgan fingerprint density at radius 2 is 1.52 bits per heavy atom. The number of rotatable bonds is 11. The number of esters is 2. The van der Waals surface area contributed by atoms with Gasteiger partial charge in [-0.15, -0.1) is 0 Å². The molecular weight excluding hydrogens is 393 g/mol. The van der Waals surface area contributed by atoms with Gasteiger partial charge in [-0.1, -0.05) is 0 Å². The fraction of sp³-hybridized carbons (Fsp3) is 0.533. The number of hydrogen-bond acceptors (Lipinski definition) is 9. The molecule has 0 aliphatic heterocycles. The average molecular weight is 416 g/mol. The second-order valence-electron chi connectivity index (χ2n) is 5.67. The zero-order chi connectivity index (χ0) is 21.5. The second-order valence-corrected chi connectivity index (χ2v) is 8.30. The van der Waals surface area contributed by atoms with Gasteiger partial charge < -0.3 is 0 Å². The molecule has 0 saturated carbocycles. The van der Waals surface area contributed by atoms with Gasteiger partial charge in [-0.3, -0.25) is 0 Å². The van der Waals surface area contributed by atoms with Crippen LogP contribution in [0.1, 0.15) is 13.8 Å². The molecule has 0 spiro atoms. The van der Waals surface area contributed by atoms with Gasteiger partial charge in [0.2, 0.25) is 0 Å². The summed E-state index contributed by atoms with van der Waals surface area (Å²) in [4.78, 5) is 35.1. The van der Waals surface area contributed by atoms with Gasteiger partial charge in [-0.05, 0) is 0 Å². The molecule has 0 saturated heterocycles. The van der Waals surface area contributed by atoms with Crippen LogP contribution in [0.3, 0.4) is 0 Å². The van der Waals surface area contributed by atoms with E-state index in [-0.39, 0.29) is 13.3 Å². The Hall–Kier alpha value is -1.94. The summed E-state index contributed by atoms with van der Waals surface area (Å²) < 4.78 is 46.3. The molecule has 9 nitrogen and oxygen atoms in total. The molecule has 0 aliphatic carbocycles. The number of ether oxygens (including phenoxy) is 2. The van der Waals surface area contributed by atoms with Gasteiger partial charge in [-0.2, -0.15) is 0 Å². The first-order valence-electron chi connectivity index (χ1n) is 7.50. The van der Waals surface area contributed by atoms with Crippen LogP contribution in [-0.4, -0.2) is 59.9 Å². The zero-order valence-corrected chi connectivity index (χ0v) is 16.0. The van der Waals surface area contributed by atoms with E-state index in [9.17, 15) is 33.0 Å². The van der Waals surface area contributed by atoms with Crippen LogP contribution >= 0.6 is 7.68 Å². The van der Waals surface area contributed by atoms with Crippen molar-refractivity contribution in [2.75, 3.05) is 19.9 Å². The summed E-state index contributed by atoms with van der Waals surface area (Å²) >= 11 is 0. The first kappa shape index (κ1) is 25.1. The van der Waals surface area contributed by atoms with E-state index in [0.717, 1.165) is 13.0 Å². The number of carbonyl (C=O) groups excluding carboxylic acids is 3. The van der Waals surface area contributed by atoms with Crippen molar-refractivity contribution < 1.29 is 51.5 Å². The summed E-state index contributed by atoms with van der Waals surface area (Å²) in [6.07, 6.45) is -0.300. The summed E-state index contributed by atoms with van der Waals surface area (Å²) in [5, 5.41) is 19.0. The molecule has 0 aromatic carbocycles. The van der Waals surface area contributed by atoms with Gasteiger partial charge in [-0.25, -0.2) is 0 Å². The van der Waals surface area contributed by atoms with Crippen molar-refractivity contribution in [2.45, 2.75) is 25.7 Å². The molecule has 12 heteroatoms. The first-order chi connectivity index (χ1) is 12.1. The van der Waals surface area contributed by atoms with Crippen molar-refractivity contribution in [3.8, 4) is 0 Å². The Labute approximate surface area is 154 Å². The van der Waals surface area contributed by atoms with Crippen molar-refractivity contribution >= 4 is 25.6 Å². The molecule has 0 aromatic heterocycles. The zero-order valence-electron chi connectivity index (χ0n) is 15.1. The van der Waals surface area contributed by atoms with Crippen molar-refractivity contribution in [3.63, 3.8) is 0 Å². The van der Waals surface area contributed by atoms with E-state index in [1.807, 2.05) is 0 Å². The molecule has 2 atom stereocenters. The van der Waals surface area contributed by atoms with Crippen LogP contribution < -0.4 is 0 Å². The maximum atomic E-state index is 14.5. The van der Waals surface area contributed by atoms with Crippen LogP contribution in [0, 0.1) is 5.92 Å². The molecule has 0 aliphatic rings. The van der Waals surface area contributed by atoms with Gasteiger partial charge in [0.25, 0.3) is 0 Å². The average Bonchev–Trinajstić information content (AvgIpc) is 2.52. The fourth-order valence-corrected chi connectivity index (χ4v) is 2.80. The van der Waals surface area contributed by atoms with E-state index in [4.69, 9.17) is 0 Å². The van der Waals surface area contributed by atoms with E-state index in [0.29, 0.717) is 6.92 Å². The molecule has 0 bridgehead atoms. The Kier molecular flexibility index (Phi) is 8.65. The van der Waals surface area contributed by atoms with Crippen molar-refractivity contribution in [1.82, 2.24) is 0 Å². The summed E-state index contributed by atoms with van der Waals surface area (Å²) in [6.45, 7) is 7.47. The van der Waals surface area contributed by atoms with Crippen molar-refractivity contribution in [3.05, 3.63) is 25.3 Å². The Balaban J connectivity index is 5.36. The van der Waals surface area contributed by atoms with Gasteiger partial charge in [0.1, 0.15) is 0 Å². The molecule has 2 unspecified atom stereocenters. The predicted octanol–water partition coefficient (Wildman–Crippen LogP) is 1.49. The maximum absolute atomic E-state index is 14.5. The standard InChI is InChI=1S/C15H23F2O9P/c1-6-8-23-12(18)10(3)13(19)26-27(5,16,17)25-11(15(4,21)22)14(20)24-9-7-2/h6-7,10-11,21-22H,1-2,8-9H2,3-5H3. The molecule has 27 heavy (non-hydrogen) atoms. The molecule has 0 rings (SSSR count). The third-order valence-corrected chi connectivity index (χ3v) is 3.97. The Morgan fingerprint density at radius 3 is 1.93 bits per heavy atom. The predicted molar refractivity (Wildman–Crippen MR) is 90.3 cm³/mol. The van der Waals surface area contributed by atoms with Crippen LogP contribution in [0.15, 0.2) is 25.3 Å². The summed E-state index contributed by atoms with van der Waals surface area (Å²) in [6, 6.07) is 0. The number of hydrogen-bond donors (Lipinski definition) is 2. The van der Waals surface area contributed by atoms with Crippen LogP contribution in [0.5, 0.6) is 0 Å². The quantitative estimate of drug-likeness (QED) is 0.169. The molecular formula is C15H23F2O9P. The van der Waals surface area contributed by atoms with Gasteiger partial charge in [0, 0.05) is 0 Å². The fourth-order valence-electron chi connectivity index (χ4n) is 1.47. The summed E-state index contributed by atoms with van der Waals surface area (Å²) in [7, 11) is -6.89. The topological polar surface area (TPSA) is 129 Å². The van der Waals surface area contributed by atoms with E-state index >= 15 is 0 Å². The van der Waals surface area contributed by atoms with Gasteiger partial charge in [0.15, 0.2) is 0 Å². The minimum absolute atomic E-state index is 0.0742. The van der Waals surface area contributed by atoms with Gasteiger partial charge >= 0.3 is 154 Å². The van der Waals surface area contributed by atoms with Crippen molar-refractivity contribution in [2.24, 2.45) is 5.92 Å². The van der Waals surface area contributed by atoms with E-state index < -0.39 is 50.0 Å². The van der Waals surface area contributed by atoms with E-state index in [1.54, 1.807) is 0 Å². The molecule has 0 heterocycles. The molecule has 0 radical (unpaired) electrons. The molecule has 2 N–H and O–H groups in total. The number of carbonyl (C=O) groups is 3. The van der Waals surface area contributed by atoms with Crippen LogP contribution in [0.2, 0.25) is 0 Å². The SMILES string of the molecule is C=CCOC(=O)C(C)C(=O)OP(C)(F)(F)OC(C(=O)OCC=C)C(C)(O)O. The third kappa shape index (κ3) is 9.00. The van der Waals surface area contributed by atoms with Gasteiger partial charge in [0.05, 0.1) is 0 Å². The van der Waals surface area contributed by atoms with Crippen LogP contribution in [0.25, 0.3) is 0 Å². The van der Waals surface area contributed by atoms with E-state index in [2.05, 4.69) is 31.7 Å². The molecule has 0 aromatic rings. The monoisotopic (exact) mass is 416 g/mol. The van der Waals surface area contributed by atoms with E-state index in [1.165, 1.54) is 6.08 Å². The van der Waals surface area contributed by atoms with Crippen LogP contribution in [-0.2, 0) is 32.9 Å². The Morgan fingerprint density at radius 1 is 1.07 bits per heavy atom. The summed E-state index contributed by atoms with van der Waals surface area (Å²) in [5.74, 6) is -9.21. The molecule has 0 fully saturated rings. The van der Waals surface area contributed by atoms with Crippen LogP contribution in [0.4, 0.5) is 8.39 Å². The number of aliphatic hydroxyl groups is 2. The first-order valence-corrected chi connectivity index (χ1v) is 9.80. The molecule has 0 amide bonds. The summed E-state index contributed by atoms with van der Waals surface area (Å²) in [5.41, 5.74) is 0. The minimum atomic E-state index is -6.89. The Bertz CT molecular complexity index is 592. The third-order valence-electron chi connectivity index (χ3n) is 2.73. The molecule has 156 valence electrons. The second kappa shape index (κ2) is 9.32.